The van der Waals surface area contributed by atoms with Crippen LogP contribution in [0.1, 0.15) is 49.9 Å². The summed E-state index contributed by atoms with van der Waals surface area (Å²) < 4.78 is 5.59. The molecular formula is C26H32N7O3S+. The maximum absolute atomic E-state index is 13.2. The van der Waals surface area contributed by atoms with Crippen molar-refractivity contribution in [3.63, 3.8) is 0 Å². The summed E-state index contributed by atoms with van der Waals surface area (Å²) in [5.74, 6) is 1.63. The van der Waals surface area contributed by atoms with E-state index in [4.69, 9.17) is 9.72 Å². The first-order chi connectivity index (χ1) is 17.8. The van der Waals surface area contributed by atoms with Crippen molar-refractivity contribution in [2.24, 2.45) is 5.41 Å². The number of rotatable bonds is 6. The standard InChI is InChI=1S/C26H31N7O3S/c1-26(2)15-33(17-7-5-6-8-17)21-19(32(3)23(26)35)14-28-24(30-21)29-18-10-9-16(13-20(18)36-4)22(34)31-25-27-11-12-37-25/h9-14,17H,5-8,15H2,1-4H3,(H,27,31,34)(H,28,29,30)/p+1. The van der Waals surface area contributed by atoms with Crippen LogP contribution in [0.25, 0.3) is 0 Å². The van der Waals surface area contributed by atoms with Gasteiger partial charge in [-0.05, 0) is 38.8 Å². The minimum atomic E-state index is -0.541. The van der Waals surface area contributed by atoms with Gasteiger partial charge >= 0.3 is 5.95 Å². The molecule has 10 nitrogen and oxygen atoms in total. The number of fused-ring (bicyclic) bond motifs is 1. The average molecular weight is 523 g/mol. The summed E-state index contributed by atoms with van der Waals surface area (Å²) in [4.78, 5) is 43.5. The number of nitrogens with zero attached hydrogens (tertiary/aromatic N) is 5. The number of methoxy groups -OCH3 is 1. The molecule has 3 heterocycles. The van der Waals surface area contributed by atoms with Gasteiger partial charge < -0.3 is 14.5 Å². The molecule has 2 aliphatic rings. The highest BCUT2D eigenvalue weighted by Crippen LogP contribution is 2.40. The van der Waals surface area contributed by atoms with Crippen molar-refractivity contribution in [2.45, 2.75) is 45.6 Å². The fourth-order valence-corrected chi connectivity index (χ4v) is 5.64. The topological polar surface area (TPSA) is 117 Å². The molecular weight excluding hydrogens is 490 g/mol. The van der Waals surface area contributed by atoms with Crippen molar-refractivity contribution in [2.75, 3.05) is 35.8 Å². The van der Waals surface area contributed by atoms with Gasteiger partial charge in [0.1, 0.15) is 5.69 Å². The Morgan fingerprint density at radius 1 is 1.24 bits per heavy atom. The molecule has 0 atom stereocenters. The van der Waals surface area contributed by atoms with E-state index in [0.717, 1.165) is 30.0 Å². The Hall–Kier alpha value is -3.57. The second kappa shape index (κ2) is 10.1. The fraction of sp³-hybridized carbons (Fsp3) is 0.423. The van der Waals surface area contributed by atoms with E-state index in [1.165, 1.54) is 24.2 Å². The molecule has 1 aliphatic carbocycles. The van der Waals surface area contributed by atoms with Crippen molar-refractivity contribution in [3.8, 4) is 5.75 Å². The van der Waals surface area contributed by atoms with Crippen LogP contribution < -0.4 is 25.2 Å². The number of carbonyl (C=O) groups excluding carboxylic acids is 2. The highest BCUT2D eigenvalue weighted by molar-refractivity contribution is 7.13. The number of amides is 2. The van der Waals surface area contributed by atoms with Crippen molar-refractivity contribution >= 4 is 51.4 Å². The number of thiazole rings is 1. The Labute approximate surface area is 220 Å². The highest BCUT2D eigenvalue weighted by atomic mass is 32.1. The number of quaternary nitrogens is 1. The van der Waals surface area contributed by atoms with Gasteiger partial charge in [-0.25, -0.2) is 10.3 Å². The number of carbonyl (C=O) groups is 2. The lowest BCUT2D eigenvalue weighted by Crippen LogP contribution is -2.72. The van der Waals surface area contributed by atoms with E-state index in [1.807, 2.05) is 25.2 Å². The van der Waals surface area contributed by atoms with Crippen molar-refractivity contribution in [1.29, 1.82) is 0 Å². The van der Waals surface area contributed by atoms with E-state index in [0.29, 0.717) is 35.0 Å². The molecule has 5 rings (SSSR count). The third kappa shape index (κ3) is 5.01. The highest BCUT2D eigenvalue weighted by Gasteiger charge is 2.41. The zero-order chi connectivity index (χ0) is 26.2. The lowest BCUT2D eigenvalue weighted by atomic mass is 9.91. The van der Waals surface area contributed by atoms with Crippen LogP contribution in [-0.4, -0.2) is 53.5 Å². The van der Waals surface area contributed by atoms with Gasteiger partial charge in [0.2, 0.25) is 5.91 Å². The number of aromatic nitrogens is 3. The van der Waals surface area contributed by atoms with Crippen LogP contribution in [0.4, 0.5) is 28.3 Å². The molecule has 37 heavy (non-hydrogen) atoms. The van der Waals surface area contributed by atoms with E-state index in [1.54, 1.807) is 49.0 Å². The van der Waals surface area contributed by atoms with Gasteiger partial charge in [0.05, 0.1) is 18.7 Å². The summed E-state index contributed by atoms with van der Waals surface area (Å²) in [7, 11) is 3.36. The normalized spacial score (nSPS) is 17.5. The largest absolute Gasteiger partial charge is 0.491 e. The molecule has 1 saturated carbocycles. The van der Waals surface area contributed by atoms with E-state index < -0.39 is 5.41 Å². The molecule has 1 aromatic carbocycles. The van der Waals surface area contributed by atoms with E-state index in [-0.39, 0.29) is 11.8 Å². The lowest BCUT2D eigenvalue weighted by Gasteiger charge is -2.33. The number of hydrogen-bond donors (Lipinski definition) is 2. The van der Waals surface area contributed by atoms with E-state index in [2.05, 4.69) is 20.2 Å². The first-order valence-corrected chi connectivity index (χ1v) is 13.3. The molecule has 194 valence electrons. The average Bonchev–Trinajstić information content (AvgIpc) is 3.60. The summed E-state index contributed by atoms with van der Waals surface area (Å²) in [6, 6.07) is 5.60. The molecule has 3 aromatic rings. The molecule has 1 fully saturated rings. The molecule has 2 aromatic heterocycles. The minimum Gasteiger partial charge on any atom is -0.491 e. The number of benzene rings is 1. The van der Waals surface area contributed by atoms with Gasteiger partial charge in [-0.1, -0.05) is 12.8 Å². The summed E-state index contributed by atoms with van der Waals surface area (Å²) in [5.41, 5.74) is 1.39. The number of nitrogens with one attached hydrogen (secondary N) is 1. The van der Waals surface area contributed by atoms with Gasteiger partial charge in [0.15, 0.2) is 22.4 Å². The number of hydrogen-bond acceptors (Lipinski definition) is 8. The SMILES string of the molecule is COc1cc(C(=O)Nc2nccs2)ccc1[NH2+]c1ncc2c(n1)N(C1CCCC1)CC(C)(C)C(=O)N2C. The zero-order valence-electron chi connectivity index (χ0n) is 21.5. The van der Waals surface area contributed by atoms with Crippen LogP contribution in [0, 0.1) is 5.41 Å². The molecule has 0 bridgehead atoms. The molecule has 0 saturated heterocycles. The fourth-order valence-electron chi connectivity index (χ4n) is 5.11. The second-order valence-corrected chi connectivity index (χ2v) is 11.0. The second-order valence-electron chi connectivity index (χ2n) is 10.1. The summed E-state index contributed by atoms with van der Waals surface area (Å²) in [6.45, 7) is 4.60. The van der Waals surface area contributed by atoms with Crippen molar-refractivity contribution < 1.29 is 19.6 Å². The van der Waals surface area contributed by atoms with Crippen LogP contribution in [0.5, 0.6) is 5.75 Å². The maximum Gasteiger partial charge on any atom is 0.332 e. The van der Waals surface area contributed by atoms with Gasteiger partial charge in [-0.15, -0.1) is 11.3 Å². The third-order valence-corrected chi connectivity index (χ3v) is 7.74. The van der Waals surface area contributed by atoms with Crippen LogP contribution in [0.15, 0.2) is 36.0 Å². The van der Waals surface area contributed by atoms with Crippen LogP contribution >= 0.6 is 11.3 Å². The quantitative estimate of drug-likeness (QED) is 0.476. The van der Waals surface area contributed by atoms with Crippen LogP contribution in [0.2, 0.25) is 0 Å². The third-order valence-electron chi connectivity index (χ3n) is 7.05. The molecule has 2 amide bonds. The number of ether oxygens (including phenoxy) is 1. The molecule has 11 heteroatoms. The Morgan fingerprint density at radius 2 is 2.03 bits per heavy atom. The minimum absolute atomic E-state index is 0.0582. The van der Waals surface area contributed by atoms with E-state index >= 15 is 0 Å². The smallest absolute Gasteiger partial charge is 0.332 e. The predicted molar refractivity (Wildman–Crippen MR) is 143 cm³/mol. The Morgan fingerprint density at radius 3 is 2.73 bits per heavy atom. The molecule has 0 spiro atoms. The van der Waals surface area contributed by atoms with Gasteiger partial charge in [-0.2, -0.15) is 9.97 Å². The Balaban J connectivity index is 1.45. The van der Waals surface area contributed by atoms with E-state index in [9.17, 15) is 9.59 Å². The van der Waals surface area contributed by atoms with Crippen LogP contribution in [0.3, 0.4) is 0 Å². The lowest BCUT2D eigenvalue weighted by molar-refractivity contribution is -0.488. The number of nitrogens with two attached hydrogens (primary N) is 1. The van der Waals surface area contributed by atoms with Crippen molar-refractivity contribution in [1.82, 2.24) is 15.0 Å². The first-order valence-electron chi connectivity index (χ1n) is 12.4. The predicted octanol–water partition coefficient (Wildman–Crippen LogP) is 3.47. The molecule has 0 unspecified atom stereocenters. The maximum atomic E-state index is 13.2. The monoisotopic (exact) mass is 522 g/mol. The molecule has 1 aliphatic heterocycles. The van der Waals surface area contributed by atoms with Gasteiger partial charge in [0, 0.05) is 42.8 Å². The summed E-state index contributed by atoms with van der Waals surface area (Å²) >= 11 is 1.36. The van der Waals surface area contributed by atoms with Gasteiger partial charge in [0.25, 0.3) is 5.91 Å². The number of anilines is 3. The summed E-state index contributed by atoms with van der Waals surface area (Å²) in [5, 5.41) is 6.97. The van der Waals surface area contributed by atoms with Gasteiger partial charge in [-0.3, -0.25) is 14.9 Å². The first kappa shape index (κ1) is 25.1. The Bertz CT molecular complexity index is 1310. The molecule has 3 N–H and O–H groups in total. The zero-order valence-corrected chi connectivity index (χ0v) is 22.3. The molecule has 0 radical (unpaired) electrons. The van der Waals surface area contributed by atoms with Crippen LogP contribution in [-0.2, 0) is 4.79 Å². The Kier molecular flexibility index (Phi) is 6.82. The summed E-state index contributed by atoms with van der Waals surface area (Å²) in [6.07, 6.45) is 7.93. The van der Waals surface area contributed by atoms with Crippen molar-refractivity contribution in [3.05, 3.63) is 41.5 Å².